The van der Waals surface area contributed by atoms with E-state index in [9.17, 15) is 4.39 Å². The van der Waals surface area contributed by atoms with Crippen molar-refractivity contribution in [2.75, 3.05) is 44.1 Å². The van der Waals surface area contributed by atoms with Crippen molar-refractivity contribution >= 4 is 45.2 Å². The summed E-state index contributed by atoms with van der Waals surface area (Å²) in [6, 6.07) is 3.38. The number of piperazine rings is 1. The molecule has 0 saturated carbocycles. The molecule has 1 aliphatic heterocycles. The third-order valence-corrected chi connectivity index (χ3v) is 4.84. The summed E-state index contributed by atoms with van der Waals surface area (Å²) in [5, 5.41) is 2.24. The number of fused-ring (bicyclic) bond motifs is 1. The van der Waals surface area contributed by atoms with E-state index < -0.39 is 0 Å². The van der Waals surface area contributed by atoms with E-state index in [0.717, 1.165) is 43.0 Å². The minimum Gasteiger partial charge on any atom is -0.308 e. The van der Waals surface area contributed by atoms with Crippen molar-refractivity contribution in [1.29, 1.82) is 0 Å². The molecule has 0 bridgehead atoms. The Bertz CT molecular complexity index is 652. The summed E-state index contributed by atoms with van der Waals surface area (Å²) >= 11 is 7.91. The second-order valence-corrected chi connectivity index (χ2v) is 6.83. The number of alkyl halides is 1. The van der Waals surface area contributed by atoms with Crippen molar-refractivity contribution < 1.29 is 4.39 Å². The maximum absolute atomic E-state index is 14.0. The van der Waals surface area contributed by atoms with Crippen molar-refractivity contribution in [2.24, 2.45) is 0 Å². The number of hydrogen-bond donors (Lipinski definition) is 0. The Kier molecular flexibility index (Phi) is 4.56. The molecule has 1 aromatic heterocycles. The topological polar surface area (TPSA) is 24.3 Å². The van der Waals surface area contributed by atoms with Crippen molar-refractivity contribution in [3.8, 4) is 0 Å². The molecule has 1 aliphatic rings. The second-order valence-electron chi connectivity index (χ2n) is 5.29. The highest BCUT2D eigenvalue weighted by Gasteiger charge is 2.21. The van der Waals surface area contributed by atoms with E-state index in [0.29, 0.717) is 15.9 Å². The predicted molar refractivity (Wildman–Crippen MR) is 92.3 cm³/mol. The van der Waals surface area contributed by atoms with Crippen molar-refractivity contribution in [1.82, 2.24) is 14.6 Å². The number of rotatable bonds is 3. The largest absolute Gasteiger partial charge is 0.308 e. The van der Waals surface area contributed by atoms with Gasteiger partial charge in [-0.2, -0.15) is 0 Å². The van der Waals surface area contributed by atoms with Crippen molar-refractivity contribution in [2.45, 2.75) is 6.42 Å². The van der Waals surface area contributed by atoms with E-state index in [1.54, 1.807) is 12.1 Å². The van der Waals surface area contributed by atoms with E-state index >= 15 is 0 Å². The molecule has 114 valence electrons. The standard InChI is InChI=1S/C14H17ClFIN4/c1-19-4-6-20(7-5-19)21-13-8-10(16)11(17)9-12(13)18-14(21)2-3-15/h8-9H,2-7H2,1H3. The zero-order chi connectivity index (χ0) is 15.0. The first-order valence-corrected chi connectivity index (χ1v) is 8.57. The summed E-state index contributed by atoms with van der Waals surface area (Å²) in [4.78, 5) is 6.94. The predicted octanol–water partition coefficient (Wildman–Crippen LogP) is 2.44. The van der Waals surface area contributed by atoms with Crippen LogP contribution in [0.4, 0.5) is 4.39 Å². The maximum atomic E-state index is 14.0. The van der Waals surface area contributed by atoms with Crippen LogP contribution in [0.1, 0.15) is 5.82 Å². The van der Waals surface area contributed by atoms with E-state index in [1.165, 1.54) is 0 Å². The SMILES string of the molecule is CN1CCN(n2c(CCCl)nc3cc(I)c(F)cc32)CC1. The third kappa shape index (κ3) is 2.98. The molecule has 1 aromatic carbocycles. The van der Waals surface area contributed by atoms with Crippen LogP contribution in [0, 0.1) is 9.39 Å². The molecular weight excluding hydrogens is 406 g/mol. The van der Waals surface area contributed by atoms with Gasteiger partial charge in [-0.05, 0) is 35.7 Å². The Morgan fingerprint density at radius 1 is 1.29 bits per heavy atom. The Morgan fingerprint density at radius 2 is 2.00 bits per heavy atom. The number of halogens is 3. The van der Waals surface area contributed by atoms with Crippen LogP contribution in [0.5, 0.6) is 0 Å². The molecule has 0 amide bonds. The van der Waals surface area contributed by atoms with Crippen LogP contribution >= 0.6 is 34.2 Å². The van der Waals surface area contributed by atoms with Crippen LogP contribution < -0.4 is 5.01 Å². The van der Waals surface area contributed by atoms with Crippen LogP contribution in [0.2, 0.25) is 0 Å². The Morgan fingerprint density at radius 3 is 2.67 bits per heavy atom. The molecule has 7 heteroatoms. The highest BCUT2D eigenvalue weighted by molar-refractivity contribution is 14.1. The lowest BCUT2D eigenvalue weighted by molar-refractivity contribution is 0.287. The zero-order valence-corrected chi connectivity index (χ0v) is 14.7. The van der Waals surface area contributed by atoms with Gasteiger partial charge < -0.3 is 9.91 Å². The fourth-order valence-corrected chi connectivity index (χ4v) is 3.29. The number of nitrogens with zero attached hydrogens (tertiary/aromatic N) is 4. The fourth-order valence-electron chi connectivity index (χ4n) is 2.67. The summed E-state index contributed by atoms with van der Waals surface area (Å²) in [5.74, 6) is 1.22. The smallest absolute Gasteiger partial charge is 0.138 e. The van der Waals surface area contributed by atoms with Crippen molar-refractivity contribution in [3.05, 3.63) is 27.3 Å². The molecular formula is C14H17ClFIN4. The summed E-state index contributed by atoms with van der Waals surface area (Å²) in [6.07, 6.45) is 0.681. The molecule has 2 aromatic rings. The number of aromatic nitrogens is 2. The van der Waals surface area contributed by atoms with Gasteiger partial charge in [0.2, 0.25) is 0 Å². The zero-order valence-electron chi connectivity index (χ0n) is 11.8. The Balaban J connectivity index is 2.09. The Hall–Kier alpha value is -0.600. The van der Waals surface area contributed by atoms with Gasteiger partial charge in [-0.3, -0.25) is 0 Å². The molecule has 2 heterocycles. The summed E-state index contributed by atoms with van der Waals surface area (Å²) < 4.78 is 16.6. The molecule has 0 radical (unpaired) electrons. The van der Waals surface area contributed by atoms with Gasteiger partial charge in [0.15, 0.2) is 0 Å². The molecule has 0 spiro atoms. The monoisotopic (exact) mass is 422 g/mol. The quantitative estimate of drug-likeness (QED) is 0.561. The summed E-state index contributed by atoms with van der Waals surface area (Å²) in [6.45, 7) is 3.80. The molecule has 4 nitrogen and oxygen atoms in total. The number of hydrogen-bond acceptors (Lipinski definition) is 3. The van der Waals surface area contributed by atoms with E-state index in [1.807, 2.05) is 22.6 Å². The normalized spacial score (nSPS) is 16.9. The molecule has 0 N–H and O–H groups in total. The van der Waals surface area contributed by atoms with Crippen LogP contribution in [-0.2, 0) is 6.42 Å². The molecule has 21 heavy (non-hydrogen) atoms. The van der Waals surface area contributed by atoms with Gasteiger partial charge >= 0.3 is 0 Å². The highest BCUT2D eigenvalue weighted by Crippen LogP contribution is 2.23. The van der Waals surface area contributed by atoms with E-state index in [4.69, 9.17) is 11.6 Å². The number of imidazole rings is 1. The lowest BCUT2D eigenvalue weighted by Crippen LogP contribution is -2.50. The van der Waals surface area contributed by atoms with Crippen LogP contribution in [-0.4, -0.2) is 53.7 Å². The molecule has 0 unspecified atom stereocenters. The van der Waals surface area contributed by atoms with Gasteiger partial charge in [0.25, 0.3) is 0 Å². The molecule has 3 rings (SSSR count). The Labute approximate surface area is 142 Å². The molecule has 1 fully saturated rings. The molecule has 1 saturated heterocycles. The molecule has 0 aliphatic carbocycles. The minimum atomic E-state index is -0.198. The van der Waals surface area contributed by atoms with Gasteiger partial charge in [0, 0.05) is 44.5 Å². The second kappa shape index (κ2) is 6.26. The fraction of sp³-hybridized carbons (Fsp3) is 0.500. The minimum absolute atomic E-state index is 0.198. The van der Waals surface area contributed by atoms with E-state index in [2.05, 4.69) is 26.6 Å². The van der Waals surface area contributed by atoms with Gasteiger partial charge in [-0.15, -0.1) is 11.6 Å². The number of likely N-dealkylation sites (N-methyl/N-ethyl adjacent to an activating group) is 1. The van der Waals surface area contributed by atoms with E-state index in [-0.39, 0.29) is 5.82 Å². The average molecular weight is 423 g/mol. The summed E-state index contributed by atoms with van der Waals surface area (Å²) in [5.41, 5.74) is 1.66. The van der Waals surface area contributed by atoms with Gasteiger partial charge in [0.05, 0.1) is 14.6 Å². The van der Waals surface area contributed by atoms with Crippen LogP contribution in [0.25, 0.3) is 11.0 Å². The number of benzene rings is 1. The van der Waals surface area contributed by atoms with Crippen LogP contribution in [0.3, 0.4) is 0 Å². The first-order chi connectivity index (χ1) is 10.1. The van der Waals surface area contributed by atoms with Gasteiger partial charge in [0.1, 0.15) is 11.6 Å². The third-order valence-electron chi connectivity index (χ3n) is 3.82. The average Bonchev–Trinajstić information content (AvgIpc) is 2.78. The lowest BCUT2D eigenvalue weighted by Gasteiger charge is -2.35. The van der Waals surface area contributed by atoms with Crippen LogP contribution in [0.15, 0.2) is 12.1 Å². The number of aryl methyl sites for hydroxylation is 1. The maximum Gasteiger partial charge on any atom is 0.138 e. The highest BCUT2D eigenvalue weighted by atomic mass is 127. The lowest BCUT2D eigenvalue weighted by atomic mass is 10.3. The molecule has 0 atom stereocenters. The first kappa shape index (κ1) is 15.3. The van der Waals surface area contributed by atoms with Gasteiger partial charge in [-0.25, -0.2) is 14.1 Å². The van der Waals surface area contributed by atoms with Crippen molar-refractivity contribution in [3.63, 3.8) is 0 Å². The van der Waals surface area contributed by atoms with Gasteiger partial charge in [-0.1, -0.05) is 0 Å². The summed E-state index contributed by atoms with van der Waals surface area (Å²) in [7, 11) is 2.12. The first-order valence-electron chi connectivity index (χ1n) is 6.96.